The van der Waals surface area contributed by atoms with Crippen LogP contribution in [0.2, 0.25) is 0 Å². The molecular formula is C4H10N4. The van der Waals surface area contributed by atoms with E-state index in [0.29, 0.717) is 0 Å². The second kappa shape index (κ2) is 2.52. The summed E-state index contributed by atoms with van der Waals surface area (Å²) in [5, 5.41) is 5.54. The SMILES string of the molecule is CCCN1NC=NN1. The largest absolute Gasteiger partial charge is 0.289 e. The van der Waals surface area contributed by atoms with Gasteiger partial charge in [-0.25, -0.2) is 5.53 Å². The van der Waals surface area contributed by atoms with Gasteiger partial charge < -0.3 is 0 Å². The highest BCUT2D eigenvalue weighted by molar-refractivity contribution is 5.54. The molecule has 0 bridgehead atoms. The van der Waals surface area contributed by atoms with Gasteiger partial charge in [0.1, 0.15) is 6.34 Å². The molecular weight excluding hydrogens is 104 g/mol. The molecule has 1 heterocycles. The molecule has 0 amide bonds. The average Bonchev–Trinajstić information content (AvgIpc) is 2.19. The number of hydrogen-bond donors (Lipinski definition) is 2. The number of hydrazone groups is 1. The second-order valence-electron chi connectivity index (χ2n) is 1.64. The molecule has 1 rings (SSSR count). The van der Waals surface area contributed by atoms with Crippen LogP contribution in [0.25, 0.3) is 0 Å². The Labute approximate surface area is 48.5 Å². The zero-order valence-electron chi connectivity index (χ0n) is 4.89. The highest BCUT2D eigenvalue weighted by Crippen LogP contribution is 1.82. The molecule has 46 valence electrons. The van der Waals surface area contributed by atoms with Gasteiger partial charge in [0.2, 0.25) is 0 Å². The molecule has 0 spiro atoms. The Hall–Kier alpha value is -0.770. The molecule has 0 aromatic rings. The first-order valence-corrected chi connectivity index (χ1v) is 2.74. The molecule has 0 saturated carbocycles. The van der Waals surface area contributed by atoms with Crippen molar-refractivity contribution in [1.29, 1.82) is 0 Å². The molecule has 8 heavy (non-hydrogen) atoms. The first kappa shape index (κ1) is 5.37. The highest BCUT2D eigenvalue weighted by atomic mass is 15.8. The fourth-order valence-electron chi connectivity index (χ4n) is 0.564. The van der Waals surface area contributed by atoms with Crippen molar-refractivity contribution >= 4 is 6.34 Å². The van der Waals surface area contributed by atoms with Gasteiger partial charge in [0.05, 0.1) is 0 Å². The third kappa shape index (κ3) is 1.10. The Kier molecular flexibility index (Phi) is 1.69. The lowest BCUT2D eigenvalue weighted by atomic mass is 10.5. The summed E-state index contributed by atoms with van der Waals surface area (Å²) in [6, 6.07) is 0. The minimum Gasteiger partial charge on any atom is -0.289 e. The number of nitrogens with zero attached hydrogens (tertiary/aromatic N) is 2. The number of hydrazine groups is 2. The zero-order valence-corrected chi connectivity index (χ0v) is 4.89. The van der Waals surface area contributed by atoms with E-state index in [2.05, 4.69) is 23.0 Å². The first-order chi connectivity index (χ1) is 3.93. The van der Waals surface area contributed by atoms with Crippen molar-refractivity contribution in [3.8, 4) is 0 Å². The van der Waals surface area contributed by atoms with Crippen molar-refractivity contribution in [1.82, 2.24) is 16.1 Å². The number of rotatable bonds is 2. The maximum Gasteiger partial charge on any atom is 0.126 e. The smallest absolute Gasteiger partial charge is 0.126 e. The van der Waals surface area contributed by atoms with E-state index in [1.165, 1.54) is 0 Å². The van der Waals surface area contributed by atoms with Crippen LogP contribution in [0.1, 0.15) is 13.3 Å². The van der Waals surface area contributed by atoms with E-state index in [-0.39, 0.29) is 0 Å². The zero-order chi connectivity index (χ0) is 5.82. The lowest BCUT2D eigenvalue weighted by Gasteiger charge is -2.11. The standard InChI is InChI=1S/C4H10N4/c1-2-3-8-6-4-5-7-8/h4,7H,2-3H2,1H3,(H,5,6). The van der Waals surface area contributed by atoms with Crippen LogP contribution >= 0.6 is 0 Å². The fourth-order valence-corrected chi connectivity index (χ4v) is 0.564. The first-order valence-electron chi connectivity index (χ1n) is 2.74. The van der Waals surface area contributed by atoms with E-state index in [0.717, 1.165) is 13.0 Å². The predicted molar refractivity (Wildman–Crippen MR) is 31.8 cm³/mol. The number of hydrogen-bond acceptors (Lipinski definition) is 4. The summed E-state index contributed by atoms with van der Waals surface area (Å²) in [7, 11) is 0. The fraction of sp³-hybridized carbons (Fsp3) is 0.750. The summed E-state index contributed by atoms with van der Waals surface area (Å²) >= 11 is 0. The molecule has 4 heteroatoms. The van der Waals surface area contributed by atoms with Gasteiger partial charge in [-0.1, -0.05) is 6.92 Å². The van der Waals surface area contributed by atoms with Gasteiger partial charge in [-0.2, -0.15) is 5.10 Å². The van der Waals surface area contributed by atoms with Gasteiger partial charge in [0, 0.05) is 6.54 Å². The Morgan fingerprint density at radius 1 is 1.75 bits per heavy atom. The molecule has 0 unspecified atom stereocenters. The van der Waals surface area contributed by atoms with Gasteiger partial charge in [-0.15, -0.1) is 5.12 Å². The maximum atomic E-state index is 3.72. The topological polar surface area (TPSA) is 39.7 Å². The minimum atomic E-state index is 0.972. The van der Waals surface area contributed by atoms with E-state index in [1.807, 2.05) is 5.12 Å². The Bertz CT molecular complexity index is 82.0. The highest BCUT2D eigenvalue weighted by Gasteiger charge is 2.00. The Morgan fingerprint density at radius 2 is 2.62 bits per heavy atom. The summed E-state index contributed by atoms with van der Waals surface area (Å²) in [6.07, 6.45) is 2.74. The summed E-state index contributed by atoms with van der Waals surface area (Å²) in [4.78, 5) is 0. The average molecular weight is 114 g/mol. The molecule has 1 aliphatic rings. The molecule has 0 aromatic heterocycles. The van der Waals surface area contributed by atoms with Crippen LogP contribution in [0, 0.1) is 0 Å². The van der Waals surface area contributed by atoms with Gasteiger partial charge in [-0.3, -0.25) is 5.43 Å². The van der Waals surface area contributed by atoms with Crippen LogP contribution in [0.3, 0.4) is 0 Å². The van der Waals surface area contributed by atoms with Crippen molar-refractivity contribution in [2.45, 2.75) is 13.3 Å². The molecule has 0 fully saturated rings. The number of nitrogens with one attached hydrogen (secondary N) is 2. The molecule has 0 radical (unpaired) electrons. The lowest BCUT2D eigenvalue weighted by Crippen LogP contribution is -2.39. The monoisotopic (exact) mass is 114 g/mol. The second-order valence-corrected chi connectivity index (χ2v) is 1.64. The van der Waals surface area contributed by atoms with Crippen molar-refractivity contribution < 1.29 is 0 Å². The van der Waals surface area contributed by atoms with E-state index in [1.54, 1.807) is 6.34 Å². The van der Waals surface area contributed by atoms with Crippen LogP contribution in [0.4, 0.5) is 0 Å². The van der Waals surface area contributed by atoms with Crippen LogP contribution < -0.4 is 11.0 Å². The van der Waals surface area contributed by atoms with Gasteiger partial charge >= 0.3 is 0 Å². The Balaban J connectivity index is 2.10. The summed E-state index contributed by atoms with van der Waals surface area (Å²) in [6.45, 7) is 3.08. The van der Waals surface area contributed by atoms with Crippen LogP contribution in [0.15, 0.2) is 5.10 Å². The van der Waals surface area contributed by atoms with Crippen LogP contribution in [-0.4, -0.2) is 18.0 Å². The van der Waals surface area contributed by atoms with Crippen molar-refractivity contribution in [3.05, 3.63) is 0 Å². The third-order valence-corrected chi connectivity index (χ3v) is 0.904. The van der Waals surface area contributed by atoms with Gasteiger partial charge in [0.15, 0.2) is 0 Å². The van der Waals surface area contributed by atoms with E-state index in [4.69, 9.17) is 0 Å². The molecule has 0 saturated heterocycles. The summed E-state index contributed by atoms with van der Waals surface area (Å²) < 4.78 is 0. The normalized spacial score (nSPS) is 18.1. The minimum absolute atomic E-state index is 0.972. The molecule has 0 aliphatic carbocycles. The van der Waals surface area contributed by atoms with Crippen LogP contribution in [-0.2, 0) is 0 Å². The quantitative estimate of drug-likeness (QED) is 0.516. The third-order valence-electron chi connectivity index (χ3n) is 0.904. The van der Waals surface area contributed by atoms with E-state index in [9.17, 15) is 0 Å². The van der Waals surface area contributed by atoms with Crippen LogP contribution in [0.5, 0.6) is 0 Å². The maximum absolute atomic E-state index is 3.72. The van der Waals surface area contributed by atoms with Crippen molar-refractivity contribution in [3.63, 3.8) is 0 Å². The molecule has 0 atom stereocenters. The molecule has 4 nitrogen and oxygen atoms in total. The molecule has 0 aromatic carbocycles. The Morgan fingerprint density at radius 3 is 3.12 bits per heavy atom. The van der Waals surface area contributed by atoms with Gasteiger partial charge in [0.25, 0.3) is 0 Å². The van der Waals surface area contributed by atoms with E-state index < -0.39 is 0 Å². The summed E-state index contributed by atoms with van der Waals surface area (Å²) in [5.74, 6) is 0. The van der Waals surface area contributed by atoms with Gasteiger partial charge in [-0.05, 0) is 6.42 Å². The lowest BCUT2D eigenvalue weighted by molar-refractivity contribution is 0.181. The van der Waals surface area contributed by atoms with Crippen molar-refractivity contribution in [2.24, 2.45) is 5.10 Å². The van der Waals surface area contributed by atoms with E-state index >= 15 is 0 Å². The molecule has 2 N–H and O–H groups in total. The molecule has 1 aliphatic heterocycles. The van der Waals surface area contributed by atoms with Crippen molar-refractivity contribution in [2.75, 3.05) is 6.54 Å². The predicted octanol–water partition coefficient (Wildman–Crippen LogP) is -0.336. The summed E-state index contributed by atoms with van der Waals surface area (Å²) in [5.41, 5.74) is 5.64.